The van der Waals surface area contributed by atoms with Gasteiger partial charge in [0.1, 0.15) is 11.6 Å². The summed E-state index contributed by atoms with van der Waals surface area (Å²) in [6, 6.07) is 17.3. The Morgan fingerprint density at radius 2 is 1.88 bits per heavy atom. The molecule has 0 aromatic heterocycles. The third-order valence-corrected chi connectivity index (χ3v) is 7.14. The molecule has 0 spiro atoms. The summed E-state index contributed by atoms with van der Waals surface area (Å²) in [5, 5.41) is 7.33. The molecule has 0 saturated carbocycles. The standard InChI is InChI=1S/C23H20Cl2FN3O3S/c1-32-19-8-5-15(6-9-19)23-13-18(28-29(23)22-10-7-16(24)11-21(22)25)14-27-33(30,31)20-4-2-3-17(26)12-20/h2-12,23,27H,13-14H2,1H3. The van der Waals surface area contributed by atoms with Crippen molar-refractivity contribution in [3.05, 3.63) is 88.2 Å². The van der Waals surface area contributed by atoms with Crippen LogP contribution in [0, 0.1) is 5.82 Å². The van der Waals surface area contributed by atoms with Crippen LogP contribution in [0.1, 0.15) is 18.0 Å². The van der Waals surface area contributed by atoms with Gasteiger partial charge in [-0.15, -0.1) is 0 Å². The quantitative estimate of drug-likeness (QED) is 0.462. The average Bonchev–Trinajstić information content (AvgIpc) is 3.22. The Bertz CT molecular complexity index is 1300. The highest BCUT2D eigenvalue weighted by atomic mass is 35.5. The molecule has 1 N–H and O–H groups in total. The highest BCUT2D eigenvalue weighted by Gasteiger charge is 2.31. The molecule has 1 heterocycles. The molecule has 0 bridgehead atoms. The summed E-state index contributed by atoms with van der Waals surface area (Å²) in [7, 11) is -2.31. The first-order chi connectivity index (χ1) is 15.8. The van der Waals surface area contributed by atoms with E-state index >= 15 is 0 Å². The molecule has 0 fully saturated rings. The van der Waals surface area contributed by atoms with E-state index in [-0.39, 0.29) is 17.5 Å². The topological polar surface area (TPSA) is 71.0 Å². The first-order valence-corrected chi connectivity index (χ1v) is 12.2. The van der Waals surface area contributed by atoms with Crippen molar-refractivity contribution >= 4 is 44.6 Å². The number of ether oxygens (including phenoxy) is 1. The van der Waals surface area contributed by atoms with Crippen molar-refractivity contribution in [2.75, 3.05) is 18.7 Å². The first-order valence-electron chi connectivity index (χ1n) is 9.96. The van der Waals surface area contributed by atoms with Crippen molar-refractivity contribution in [3.63, 3.8) is 0 Å². The van der Waals surface area contributed by atoms with Crippen LogP contribution in [0.3, 0.4) is 0 Å². The minimum absolute atomic E-state index is 0.0345. The lowest BCUT2D eigenvalue weighted by Crippen LogP contribution is -2.29. The summed E-state index contributed by atoms with van der Waals surface area (Å²) in [5.41, 5.74) is 2.19. The number of hydrogen-bond acceptors (Lipinski definition) is 5. The molecule has 0 saturated heterocycles. The van der Waals surface area contributed by atoms with Gasteiger partial charge in [-0.2, -0.15) is 5.10 Å². The van der Waals surface area contributed by atoms with E-state index in [1.165, 1.54) is 18.2 Å². The number of sulfonamides is 1. The van der Waals surface area contributed by atoms with Gasteiger partial charge in [0.15, 0.2) is 0 Å². The molecule has 0 aliphatic carbocycles. The van der Waals surface area contributed by atoms with Crippen LogP contribution in [0.5, 0.6) is 5.75 Å². The van der Waals surface area contributed by atoms with Crippen LogP contribution >= 0.6 is 23.2 Å². The van der Waals surface area contributed by atoms with E-state index in [4.69, 9.17) is 27.9 Å². The van der Waals surface area contributed by atoms with Crippen LogP contribution in [-0.2, 0) is 10.0 Å². The van der Waals surface area contributed by atoms with Crippen molar-refractivity contribution in [1.29, 1.82) is 0 Å². The van der Waals surface area contributed by atoms with Crippen molar-refractivity contribution < 1.29 is 17.5 Å². The molecule has 10 heteroatoms. The number of methoxy groups -OCH3 is 1. The fraction of sp³-hybridized carbons (Fsp3) is 0.174. The molecule has 1 aliphatic rings. The Balaban J connectivity index is 1.61. The summed E-state index contributed by atoms with van der Waals surface area (Å²) < 4.78 is 46.5. The van der Waals surface area contributed by atoms with E-state index < -0.39 is 15.8 Å². The highest BCUT2D eigenvalue weighted by Crippen LogP contribution is 2.39. The molecule has 0 amide bonds. The zero-order valence-corrected chi connectivity index (χ0v) is 19.8. The molecule has 1 atom stereocenters. The van der Waals surface area contributed by atoms with Crippen LogP contribution in [0.15, 0.2) is 76.7 Å². The summed E-state index contributed by atoms with van der Waals surface area (Å²) >= 11 is 12.5. The summed E-state index contributed by atoms with van der Waals surface area (Å²) in [6.07, 6.45) is 0.455. The zero-order valence-electron chi connectivity index (χ0n) is 17.5. The first kappa shape index (κ1) is 23.5. The maximum atomic E-state index is 13.5. The largest absolute Gasteiger partial charge is 0.497 e. The Morgan fingerprint density at radius 1 is 1.12 bits per heavy atom. The number of nitrogens with zero attached hydrogens (tertiary/aromatic N) is 2. The minimum atomic E-state index is -3.91. The van der Waals surface area contributed by atoms with Crippen molar-refractivity contribution in [3.8, 4) is 5.75 Å². The Kier molecular flexibility index (Phi) is 6.90. The van der Waals surface area contributed by atoms with E-state index in [0.717, 1.165) is 17.4 Å². The van der Waals surface area contributed by atoms with Crippen molar-refractivity contribution in [2.24, 2.45) is 5.10 Å². The van der Waals surface area contributed by atoms with E-state index in [1.54, 1.807) is 30.3 Å². The summed E-state index contributed by atoms with van der Waals surface area (Å²) in [6.45, 7) is -0.0345. The average molecular weight is 508 g/mol. The molecule has 172 valence electrons. The van der Waals surface area contributed by atoms with Gasteiger partial charge in [-0.3, -0.25) is 5.01 Å². The van der Waals surface area contributed by atoms with Gasteiger partial charge in [0.25, 0.3) is 0 Å². The lowest BCUT2D eigenvalue weighted by Gasteiger charge is -2.25. The molecule has 1 aliphatic heterocycles. The second-order valence-corrected chi connectivity index (χ2v) is 9.99. The third-order valence-electron chi connectivity index (χ3n) is 5.20. The lowest BCUT2D eigenvalue weighted by atomic mass is 10.0. The predicted molar refractivity (Wildman–Crippen MR) is 128 cm³/mol. The van der Waals surface area contributed by atoms with Gasteiger partial charge in [-0.05, 0) is 54.1 Å². The van der Waals surface area contributed by atoms with Gasteiger partial charge in [-0.1, -0.05) is 41.4 Å². The number of hydrazone groups is 1. The molecule has 0 radical (unpaired) electrons. The van der Waals surface area contributed by atoms with E-state index in [0.29, 0.717) is 27.9 Å². The molecule has 33 heavy (non-hydrogen) atoms. The number of halogens is 3. The van der Waals surface area contributed by atoms with Crippen LogP contribution < -0.4 is 14.5 Å². The Labute approximate surface area is 201 Å². The van der Waals surface area contributed by atoms with Gasteiger partial charge in [-0.25, -0.2) is 17.5 Å². The predicted octanol–water partition coefficient (Wildman–Crippen LogP) is 5.43. The minimum Gasteiger partial charge on any atom is -0.497 e. The van der Waals surface area contributed by atoms with Crippen LogP contribution in [-0.4, -0.2) is 27.8 Å². The lowest BCUT2D eigenvalue weighted by molar-refractivity contribution is 0.414. The number of rotatable bonds is 7. The third kappa shape index (κ3) is 5.30. The van der Waals surface area contributed by atoms with Gasteiger partial charge in [0.2, 0.25) is 10.0 Å². The van der Waals surface area contributed by atoms with Crippen molar-refractivity contribution in [2.45, 2.75) is 17.4 Å². The summed E-state index contributed by atoms with van der Waals surface area (Å²) in [4.78, 5) is -0.148. The smallest absolute Gasteiger partial charge is 0.241 e. The molecular formula is C23H20Cl2FN3O3S. The number of anilines is 1. The fourth-order valence-corrected chi connectivity index (χ4v) is 5.09. The fourth-order valence-electron chi connectivity index (χ4n) is 3.55. The van der Waals surface area contributed by atoms with Crippen LogP contribution in [0.2, 0.25) is 10.0 Å². The van der Waals surface area contributed by atoms with Gasteiger partial charge < -0.3 is 4.74 Å². The maximum absolute atomic E-state index is 13.5. The van der Waals surface area contributed by atoms with E-state index in [1.807, 2.05) is 24.3 Å². The van der Waals surface area contributed by atoms with Crippen LogP contribution in [0.4, 0.5) is 10.1 Å². The SMILES string of the molecule is COc1ccc(C2CC(CNS(=O)(=O)c3cccc(F)c3)=NN2c2ccc(Cl)cc2Cl)cc1. The van der Waals surface area contributed by atoms with Gasteiger partial charge >= 0.3 is 0 Å². The van der Waals surface area contributed by atoms with Gasteiger partial charge in [0, 0.05) is 11.4 Å². The van der Waals surface area contributed by atoms with Gasteiger partial charge in [0.05, 0.1) is 41.0 Å². The molecule has 1 unspecified atom stereocenters. The highest BCUT2D eigenvalue weighted by molar-refractivity contribution is 7.89. The number of nitrogens with one attached hydrogen (secondary N) is 1. The normalized spacial score (nSPS) is 16.1. The second kappa shape index (κ2) is 9.69. The molecule has 3 aromatic carbocycles. The Hall–Kier alpha value is -2.65. The second-order valence-electron chi connectivity index (χ2n) is 7.38. The maximum Gasteiger partial charge on any atom is 0.241 e. The van der Waals surface area contributed by atoms with E-state index in [9.17, 15) is 12.8 Å². The molecular weight excluding hydrogens is 488 g/mol. The van der Waals surface area contributed by atoms with E-state index in [2.05, 4.69) is 9.82 Å². The summed E-state index contributed by atoms with van der Waals surface area (Å²) in [5.74, 6) is 0.0935. The zero-order chi connectivity index (χ0) is 23.6. The molecule has 4 rings (SSSR count). The number of benzene rings is 3. The van der Waals surface area contributed by atoms with Crippen molar-refractivity contribution in [1.82, 2.24) is 4.72 Å². The molecule has 3 aromatic rings. The monoisotopic (exact) mass is 507 g/mol. The molecule has 6 nitrogen and oxygen atoms in total. The van der Waals surface area contributed by atoms with Crippen LogP contribution in [0.25, 0.3) is 0 Å². The Morgan fingerprint density at radius 3 is 2.55 bits per heavy atom. The number of hydrogen-bond donors (Lipinski definition) is 1.